The first-order valence-electron chi connectivity index (χ1n) is 11.2. The van der Waals surface area contributed by atoms with E-state index in [1.54, 1.807) is 12.4 Å². The van der Waals surface area contributed by atoms with Crippen LogP contribution in [0.15, 0.2) is 66.2 Å². The lowest BCUT2D eigenvalue weighted by atomic mass is 9.76. The fourth-order valence-corrected chi connectivity index (χ4v) is 5.36. The van der Waals surface area contributed by atoms with E-state index in [1.807, 2.05) is 47.5 Å². The normalized spacial score (nSPS) is 19.6. The van der Waals surface area contributed by atoms with Crippen molar-refractivity contribution in [2.24, 2.45) is 11.1 Å². The van der Waals surface area contributed by atoms with Crippen molar-refractivity contribution in [2.75, 3.05) is 13.1 Å². The third-order valence-corrected chi connectivity index (χ3v) is 7.06. The van der Waals surface area contributed by atoms with Gasteiger partial charge < -0.3 is 10.1 Å². The molecule has 7 heteroatoms. The van der Waals surface area contributed by atoms with Crippen molar-refractivity contribution >= 4 is 23.2 Å². The first-order valence-corrected chi connectivity index (χ1v) is 11.6. The minimum absolute atomic E-state index is 0.0603. The second kappa shape index (κ2) is 9.32. The lowest BCUT2D eigenvalue weighted by Gasteiger charge is -2.36. The van der Waals surface area contributed by atoms with Crippen LogP contribution in [0.4, 0.5) is 0 Å². The molecule has 3 aromatic rings. The summed E-state index contributed by atoms with van der Waals surface area (Å²) in [5.41, 5.74) is 5.66. The van der Waals surface area contributed by atoms with Gasteiger partial charge in [0.1, 0.15) is 0 Å². The van der Waals surface area contributed by atoms with Crippen LogP contribution in [0.1, 0.15) is 46.7 Å². The summed E-state index contributed by atoms with van der Waals surface area (Å²) in [7, 11) is 0. The number of pyridine rings is 2. The zero-order valence-corrected chi connectivity index (χ0v) is 18.9. The van der Waals surface area contributed by atoms with Crippen molar-refractivity contribution in [1.29, 1.82) is 0 Å². The number of aromatic nitrogens is 2. The summed E-state index contributed by atoms with van der Waals surface area (Å²) in [6.07, 6.45) is 7.95. The van der Waals surface area contributed by atoms with Gasteiger partial charge in [-0.1, -0.05) is 28.9 Å². The van der Waals surface area contributed by atoms with E-state index in [9.17, 15) is 10.0 Å². The average Bonchev–Trinajstić information content (AvgIpc) is 2.99. The number of oxime groups is 1. The Balaban J connectivity index is 1.42. The topological polar surface area (TPSA) is 78.7 Å². The molecule has 1 aromatic carbocycles. The predicted octanol–water partition coefficient (Wildman–Crippen LogP) is 4.48. The molecule has 0 spiro atoms. The molecule has 0 saturated carbocycles. The number of carbonyl (C=O) groups is 1. The van der Waals surface area contributed by atoms with Crippen LogP contribution in [0.5, 0.6) is 0 Å². The Labute approximate surface area is 197 Å². The highest BCUT2D eigenvalue weighted by molar-refractivity contribution is 6.31. The molecule has 1 aliphatic heterocycles. The van der Waals surface area contributed by atoms with Crippen LogP contribution in [0.3, 0.4) is 0 Å². The summed E-state index contributed by atoms with van der Waals surface area (Å²) in [6, 6.07) is 13.6. The fourth-order valence-electron chi connectivity index (χ4n) is 5.19. The van der Waals surface area contributed by atoms with Gasteiger partial charge in [-0.05, 0) is 65.8 Å². The van der Waals surface area contributed by atoms with Gasteiger partial charge in [-0.25, -0.2) is 0 Å². The number of rotatable bonds is 3. The van der Waals surface area contributed by atoms with Crippen LogP contribution in [-0.2, 0) is 17.6 Å². The zero-order chi connectivity index (χ0) is 22.8. The van der Waals surface area contributed by atoms with Crippen molar-refractivity contribution in [2.45, 2.75) is 31.6 Å². The van der Waals surface area contributed by atoms with Gasteiger partial charge in [0.25, 0.3) is 0 Å². The Hall–Kier alpha value is -3.25. The van der Waals surface area contributed by atoms with Crippen molar-refractivity contribution in [3.05, 3.63) is 94.0 Å². The minimum atomic E-state index is 0.0603. The second-order valence-electron chi connectivity index (χ2n) is 8.73. The Morgan fingerprint density at radius 1 is 1.12 bits per heavy atom. The molecular weight excluding hydrogens is 436 g/mol. The molecule has 1 fully saturated rings. The van der Waals surface area contributed by atoms with Crippen LogP contribution in [0.2, 0.25) is 5.02 Å². The molecule has 1 saturated heterocycles. The standard InChI is InChI=1S/C26H25ClN4O2/c27-20-3-4-21-22(16-20)23(30-33)15-19-2-1-9-29-26(19)25(21)18-7-12-31(13-8-18)24(32)14-17-5-10-28-11-6-17/h1-6,9-11,16,18,25,33H,7-8,12-15H2/b30-23-. The Kier molecular flexibility index (Phi) is 6.09. The molecule has 1 atom stereocenters. The molecule has 3 heterocycles. The number of benzene rings is 1. The van der Waals surface area contributed by atoms with E-state index in [0.717, 1.165) is 53.9 Å². The van der Waals surface area contributed by atoms with Crippen molar-refractivity contribution in [3.8, 4) is 0 Å². The summed E-state index contributed by atoms with van der Waals surface area (Å²) < 4.78 is 0. The SMILES string of the molecule is O=C(Cc1ccncc1)N1CCC(C2c3ccc(Cl)cc3/C(=N\O)Cc3cccnc32)CC1. The van der Waals surface area contributed by atoms with Crippen molar-refractivity contribution in [1.82, 2.24) is 14.9 Å². The lowest BCUT2D eigenvalue weighted by Crippen LogP contribution is -2.40. The van der Waals surface area contributed by atoms with Gasteiger partial charge in [0.2, 0.25) is 5.91 Å². The van der Waals surface area contributed by atoms with Crippen LogP contribution in [0.25, 0.3) is 0 Å². The molecule has 168 valence electrons. The Morgan fingerprint density at radius 3 is 2.67 bits per heavy atom. The molecule has 1 aliphatic carbocycles. The molecule has 1 N–H and O–H groups in total. The quantitative estimate of drug-likeness (QED) is 0.461. The fraction of sp³-hybridized carbons (Fsp3) is 0.308. The third-order valence-electron chi connectivity index (χ3n) is 6.83. The van der Waals surface area contributed by atoms with Crippen LogP contribution < -0.4 is 0 Å². The van der Waals surface area contributed by atoms with Crippen LogP contribution in [0, 0.1) is 5.92 Å². The smallest absolute Gasteiger partial charge is 0.226 e. The van der Waals surface area contributed by atoms with E-state index in [-0.39, 0.29) is 11.8 Å². The molecule has 1 unspecified atom stereocenters. The maximum Gasteiger partial charge on any atom is 0.226 e. The number of piperidine rings is 1. The summed E-state index contributed by atoms with van der Waals surface area (Å²) in [5.74, 6) is 0.535. The zero-order valence-electron chi connectivity index (χ0n) is 18.2. The maximum atomic E-state index is 12.9. The van der Waals surface area contributed by atoms with Crippen LogP contribution in [-0.4, -0.2) is 44.8 Å². The van der Waals surface area contributed by atoms with E-state index in [0.29, 0.717) is 29.5 Å². The molecular formula is C26H25ClN4O2. The molecule has 0 radical (unpaired) electrons. The number of hydrogen-bond donors (Lipinski definition) is 1. The Morgan fingerprint density at radius 2 is 1.91 bits per heavy atom. The monoisotopic (exact) mass is 460 g/mol. The number of amides is 1. The van der Waals surface area contributed by atoms with E-state index >= 15 is 0 Å². The largest absolute Gasteiger partial charge is 0.411 e. The number of likely N-dealkylation sites (tertiary alicyclic amines) is 1. The predicted molar refractivity (Wildman–Crippen MR) is 127 cm³/mol. The highest BCUT2D eigenvalue weighted by Crippen LogP contribution is 2.42. The molecule has 33 heavy (non-hydrogen) atoms. The number of hydrogen-bond acceptors (Lipinski definition) is 5. The summed E-state index contributed by atoms with van der Waals surface area (Å²) in [5, 5.41) is 14.0. The van der Waals surface area contributed by atoms with Gasteiger partial charge in [-0.15, -0.1) is 0 Å². The van der Waals surface area contributed by atoms with Crippen LogP contribution >= 0.6 is 11.6 Å². The van der Waals surface area contributed by atoms with Gasteiger partial charge >= 0.3 is 0 Å². The highest BCUT2D eigenvalue weighted by atomic mass is 35.5. The number of halogens is 1. The average molecular weight is 461 g/mol. The van der Waals surface area contributed by atoms with E-state index in [1.165, 1.54) is 0 Å². The summed E-state index contributed by atoms with van der Waals surface area (Å²) in [4.78, 5) is 23.6. The molecule has 2 aliphatic rings. The minimum Gasteiger partial charge on any atom is -0.411 e. The summed E-state index contributed by atoms with van der Waals surface area (Å²) >= 11 is 6.32. The number of carbonyl (C=O) groups excluding carboxylic acids is 1. The highest BCUT2D eigenvalue weighted by Gasteiger charge is 2.36. The van der Waals surface area contributed by atoms with Gasteiger partial charge in [-0.2, -0.15) is 0 Å². The van der Waals surface area contributed by atoms with Gasteiger partial charge in [0.05, 0.1) is 17.8 Å². The second-order valence-corrected chi connectivity index (χ2v) is 9.17. The first kappa shape index (κ1) is 21.6. The molecule has 0 bridgehead atoms. The van der Waals surface area contributed by atoms with Crippen molar-refractivity contribution in [3.63, 3.8) is 0 Å². The number of nitrogens with zero attached hydrogens (tertiary/aromatic N) is 4. The third kappa shape index (κ3) is 4.35. The summed E-state index contributed by atoms with van der Waals surface area (Å²) in [6.45, 7) is 1.44. The maximum absolute atomic E-state index is 12.9. The molecule has 5 rings (SSSR count). The number of fused-ring (bicyclic) bond motifs is 2. The van der Waals surface area contributed by atoms with Crippen molar-refractivity contribution < 1.29 is 10.0 Å². The lowest BCUT2D eigenvalue weighted by molar-refractivity contribution is -0.131. The van der Waals surface area contributed by atoms with Gasteiger partial charge in [0, 0.05) is 54.6 Å². The Bertz CT molecular complexity index is 1190. The van der Waals surface area contributed by atoms with E-state index in [2.05, 4.69) is 16.2 Å². The van der Waals surface area contributed by atoms with E-state index < -0.39 is 0 Å². The van der Waals surface area contributed by atoms with Gasteiger partial charge in [-0.3, -0.25) is 14.8 Å². The van der Waals surface area contributed by atoms with Gasteiger partial charge in [0.15, 0.2) is 0 Å². The molecule has 6 nitrogen and oxygen atoms in total. The molecule has 1 amide bonds. The first-order chi connectivity index (χ1) is 16.1. The molecule has 2 aromatic heterocycles. The van der Waals surface area contributed by atoms with E-state index in [4.69, 9.17) is 16.6 Å².